The van der Waals surface area contributed by atoms with Crippen molar-refractivity contribution in [2.24, 2.45) is 0 Å². The molecule has 17 heavy (non-hydrogen) atoms. The molecule has 0 bridgehead atoms. The van der Waals surface area contributed by atoms with E-state index < -0.39 is 0 Å². The number of hydrogen-bond acceptors (Lipinski definition) is 4. The fraction of sp³-hybridized carbons (Fsp3) is 0.385. The third-order valence-electron chi connectivity index (χ3n) is 2.61. The van der Waals surface area contributed by atoms with Crippen molar-refractivity contribution in [3.63, 3.8) is 0 Å². The quantitative estimate of drug-likeness (QED) is 0.878. The molecule has 0 saturated heterocycles. The maximum atomic E-state index is 5.27. The van der Waals surface area contributed by atoms with E-state index in [2.05, 4.69) is 41.4 Å². The molecule has 0 spiro atoms. The molecule has 1 N–H and O–H groups in total. The first kappa shape index (κ1) is 11.8. The van der Waals surface area contributed by atoms with E-state index in [0.29, 0.717) is 18.3 Å². The van der Waals surface area contributed by atoms with Crippen LogP contribution in [0.1, 0.15) is 23.9 Å². The molecule has 1 aromatic heterocycles. The SMILES string of the molecule is CCNCc1noc(-c2ccc(C)cc2C)n1. The second-order valence-corrected chi connectivity index (χ2v) is 4.11. The van der Waals surface area contributed by atoms with Gasteiger partial charge in [0.15, 0.2) is 5.82 Å². The van der Waals surface area contributed by atoms with Crippen LogP contribution >= 0.6 is 0 Å². The van der Waals surface area contributed by atoms with Gasteiger partial charge in [0, 0.05) is 5.56 Å². The van der Waals surface area contributed by atoms with E-state index >= 15 is 0 Å². The molecule has 0 unspecified atom stereocenters. The third kappa shape index (κ3) is 2.71. The Kier molecular flexibility index (Phi) is 3.54. The third-order valence-corrected chi connectivity index (χ3v) is 2.61. The van der Waals surface area contributed by atoms with Crippen LogP contribution in [0.2, 0.25) is 0 Å². The first-order valence-electron chi connectivity index (χ1n) is 5.81. The van der Waals surface area contributed by atoms with E-state index in [1.807, 2.05) is 13.0 Å². The summed E-state index contributed by atoms with van der Waals surface area (Å²) in [5, 5.41) is 7.11. The van der Waals surface area contributed by atoms with Crippen LogP contribution in [-0.4, -0.2) is 16.7 Å². The Morgan fingerprint density at radius 2 is 2.12 bits per heavy atom. The smallest absolute Gasteiger partial charge is 0.258 e. The van der Waals surface area contributed by atoms with Gasteiger partial charge in [0.2, 0.25) is 0 Å². The largest absolute Gasteiger partial charge is 0.334 e. The highest BCUT2D eigenvalue weighted by Crippen LogP contribution is 2.22. The maximum absolute atomic E-state index is 5.27. The summed E-state index contributed by atoms with van der Waals surface area (Å²) in [6.07, 6.45) is 0. The minimum absolute atomic E-state index is 0.593. The maximum Gasteiger partial charge on any atom is 0.258 e. The standard InChI is InChI=1S/C13H17N3O/c1-4-14-8-12-15-13(17-16-12)11-6-5-9(2)7-10(11)3/h5-7,14H,4,8H2,1-3H3. The Balaban J connectivity index is 2.24. The first-order chi connectivity index (χ1) is 8.20. The lowest BCUT2D eigenvalue weighted by Crippen LogP contribution is -2.12. The molecule has 0 aliphatic carbocycles. The summed E-state index contributed by atoms with van der Waals surface area (Å²) in [5.41, 5.74) is 3.40. The topological polar surface area (TPSA) is 51.0 Å². The molecule has 0 aliphatic rings. The second-order valence-electron chi connectivity index (χ2n) is 4.11. The van der Waals surface area contributed by atoms with Gasteiger partial charge in [0.25, 0.3) is 5.89 Å². The van der Waals surface area contributed by atoms with Crippen molar-refractivity contribution in [2.45, 2.75) is 27.3 Å². The highest BCUT2D eigenvalue weighted by Gasteiger charge is 2.10. The number of nitrogens with zero attached hydrogens (tertiary/aromatic N) is 2. The monoisotopic (exact) mass is 231 g/mol. The van der Waals surface area contributed by atoms with E-state index in [1.54, 1.807) is 0 Å². The average Bonchev–Trinajstić information content (AvgIpc) is 2.75. The minimum atomic E-state index is 0.593. The molecule has 0 aliphatic heterocycles. The number of nitrogens with one attached hydrogen (secondary N) is 1. The fourth-order valence-electron chi connectivity index (χ4n) is 1.73. The molecule has 2 rings (SSSR count). The van der Waals surface area contributed by atoms with Gasteiger partial charge < -0.3 is 9.84 Å². The van der Waals surface area contributed by atoms with Crippen molar-refractivity contribution >= 4 is 0 Å². The fourth-order valence-corrected chi connectivity index (χ4v) is 1.73. The normalized spacial score (nSPS) is 10.8. The van der Waals surface area contributed by atoms with Crippen LogP contribution in [0.5, 0.6) is 0 Å². The summed E-state index contributed by atoms with van der Waals surface area (Å²) in [6, 6.07) is 6.19. The van der Waals surface area contributed by atoms with Crippen molar-refractivity contribution in [2.75, 3.05) is 6.54 Å². The number of hydrogen-bond donors (Lipinski definition) is 1. The van der Waals surface area contributed by atoms with E-state index in [1.165, 1.54) is 5.56 Å². The van der Waals surface area contributed by atoms with Crippen LogP contribution in [-0.2, 0) is 6.54 Å². The van der Waals surface area contributed by atoms with Gasteiger partial charge in [0.1, 0.15) is 0 Å². The van der Waals surface area contributed by atoms with Gasteiger partial charge in [-0.25, -0.2) is 0 Å². The van der Waals surface area contributed by atoms with Crippen LogP contribution in [0.15, 0.2) is 22.7 Å². The minimum Gasteiger partial charge on any atom is -0.334 e. The Bertz CT molecular complexity index is 505. The van der Waals surface area contributed by atoms with Crippen LogP contribution in [0, 0.1) is 13.8 Å². The molecule has 0 fully saturated rings. The van der Waals surface area contributed by atoms with Gasteiger partial charge in [-0.05, 0) is 32.0 Å². The van der Waals surface area contributed by atoms with Gasteiger partial charge >= 0.3 is 0 Å². The molecular weight excluding hydrogens is 214 g/mol. The summed E-state index contributed by atoms with van der Waals surface area (Å²) in [4.78, 5) is 4.37. The lowest BCUT2D eigenvalue weighted by atomic mass is 10.1. The summed E-state index contributed by atoms with van der Waals surface area (Å²) >= 11 is 0. The number of aromatic nitrogens is 2. The highest BCUT2D eigenvalue weighted by molar-refractivity contribution is 5.58. The molecule has 4 nitrogen and oxygen atoms in total. The van der Waals surface area contributed by atoms with Crippen LogP contribution in [0.25, 0.3) is 11.5 Å². The van der Waals surface area contributed by atoms with Gasteiger partial charge in [-0.15, -0.1) is 0 Å². The molecule has 4 heteroatoms. The van der Waals surface area contributed by atoms with Crippen molar-refractivity contribution < 1.29 is 4.52 Å². The van der Waals surface area contributed by atoms with Crippen molar-refractivity contribution in [1.82, 2.24) is 15.5 Å². The van der Waals surface area contributed by atoms with Crippen molar-refractivity contribution in [3.05, 3.63) is 35.2 Å². The zero-order valence-corrected chi connectivity index (χ0v) is 10.4. The number of aryl methyl sites for hydroxylation is 2. The van der Waals surface area contributed by atoms with Crippen LogP contribution in [0.3, 0.4) is 0 Å². The average molecular weight is 231 g/mol. The zero-order valence-electron chi connectivity index (χ0n) is 10.4. The predicted octanol–water partition coefficient (Wildman–Crippen LogP) is 2.46. The summed E-state index contributed by atoms with van der Waals surface area (Å²) < 4.78 is 5.27. The molecule has 0 saturated carbocycles. The van der Waals surface area contributed by atoms with E-state index in [4.69, 9.17) is 4.52 Å². The molecule has 2 aromatic rings. The summed E-state index contributed by atoms with van der Waals surface area (Å²) in [7, 11) is 0. The Hall–Kier alpha value is -1.68. The molecule has 90 valence electrons. The number of benzene rings is 1. The van der Waals surface area contributed by atoms with Gasteiger partial charge in [0.05, 0.1) is 6.54 Å². The number of rotatable bonds is 4. The molecule has 0 amide bonds. The lowest BCUT2D eigenvalue weighted by molar-refractivity contribution is 0.419. The van der Waals surface area contributed by atoms with Gasteiger partial charge in [-0.2, -0.15) is 4.98 Å². The predicted molar refractivity (Wildman–Crippen MR) is 66.6 cm³/mol. The molecule has 1 aromatic carbocycles. The Morgan fingerprint density at radius 3 is 2.82 bits per heavy atom. The molecule has 1 heterocycles. The van der Waals surface area contributed by atoms with E-state index in [-0.39, 0.29) is 0 Å². The molecule has 0 atom stereocenters. The first-order valence-corrected chi connectivity index (χ1v) is 5.81. The Morgan fingerprint density at radius 1 is 1.29 bits per heavy atom. The van der Waals surface area contributed by atoms with Gasteiger partial charge in [-0.1, -0.05) is 29.8 Å². The van der Waals surface area contributed by atoms with E-state index in [9.17, 15) is 0 Å². The Labute approximate surface area is 101 Å². The second kappa shape index (κ2) is 5.10. The summed E-state index contributed by atoms with van der Waals surface area (Å²) in [6.45, 7) is 7.71. The highest BCUT2D eigenvalue weighted by atomic mass is 16.5. The van der Waals surface area contributed by atoms with E-state index in [0.717, 1.165) is 17.7 Å². The molecular formula is C13H17N3O. The van der Waals surface area contributed by atoms with Crippen LogP contribution < -0.4 is 5.32 Å². The summed E-state index contributed by atoms with van der Waals surface area (Å²) in [5.74, 6) is 1.29. The van der Waals surface area contributed by atoms with Crippen molar-refractivity contribution in [3.8, 4) is 11.5 Å². The van der Waals surface area contributed by atoms with Crippen molar-refractivity contribution in [1.29, 1.82) is 0 Å². The van der Waals surface area contributed by atoms with Crippen LogP contribution in [0.4, 0.5) is 0 Å². The lowest BCUT2D eigenvalue weighted by Gasteiger charge is -2.01. The zero-order chi connectivity index (χ0) is 12.3. The molecule has 0 radical (unpaired) electrons. The van der Waals surface area contributed by atoms with Gasteiger partial charge in [-0.3, -0.25) is 0 Å².